The fourth-order valence-electron chi connectivity index (χ4n) is 4.53. The Balaban J connectivity index is 1.43. The second-order valence-corrected chi connectivity index (χ2v) is 9.12. The molecule has 0 radical (unpaired) electrons. The van der Waals surface area contributed by atoms with Crippen molar-refractivity contribution < 1.29 is 13.6 Å². The largest absolute Gasteiger partial charge is 0.356 e. The van der Waals surface area contributed by atoms with Crippen molar-refractivity contribution in [3.8, 4) is 22.5 Å². The number of nitrogens with zero attached hydrogens (tertiary/aromatic N) is 4. The summed E-state index contributed by atoms with van der Waals surface area (Å²) in [6.45, 7) is 3.68. The number of aryl methyl sites for hydroxylation is 1. The highest BCUT2D eigenvalue weighted by Gasteiger charge is 2.24. The number of imidazole rings is 1. The Morgan fingerprint density at radius 2 is 1.73 bits per heavy atom. The molecule has 1 N–H and O–H groups in total. The lowest BCUT2D eigenvalue weighted by Gasteiger charge is -2.33. The summed E-state index contributed by atoms with van der Waals surface area (Å²) in [4.78, 5) is 24.5. The van der Waals surface area contributed by atoms with Gasteiger partial charge in [-0.25, -0.2) is 18.7 Å². The molecule has 1 aliphatic rings. The van der Waals surface area contributed by atoms with Crippen molar-refractivity contribution in [1.82, 2.24) is 14.4 Å². The minimum atomic E-state index is -0.948. The fourth-order valence-corrected chi connectivity index (χ4v) is 4.53. The molecule has 37 heavy (non-hydrogen) atoms. The third kappa shape index (κ3) is 4.10. The topological polar surface area (TPSA) is 62.5 Å². The quantitative estimate of drug-likeness (QED) is 0.320. The number of halogens is 2. The van der Waals surface area contributed by atoms with Crippen LogP contribution in [0.4, 0.5) is 20.3 Å². The second kappa shape index (κ2) is 9.13. The van der Waals surface area contributed by atoms with Gasteiger partial charge in [-0.15, -0.1) is 0 Å². The van der Waals surface area contributed by atoms with E-state index < -0.39 is 11.6 Å². The molecule has 0 unspecified atom stereocenters. The van der Waals surface area contributed by atoms with Crippen LogP contribution in [0.1, 0.15) is 22.3 Å². The maximum atomic E-state index is 14.5. The zero-order valence-electron chi connectivity index (χ0n) is 20.1. The molecule has 0 bridgehead atoms. The van der Waals surface area contributed by atoms with E-state index >= 15 is 0 Å². The molecular weight excluding hydrogens is 472 g/mol. The number of aromatic nitrogens is 3. The lowest BCUT2D eigenvalue weighted by atomic mass is 10.0. The number of anilines is 2. The van der Waals surface area contributed by atoms with Gasteiger partial charge in [0, 0.05) is 42.3 Å². The van der Waals surface area contributed by atoms with E-state index in [9.17, 15) is 13.6 Å². The number of pyridine rings is 2. The van der Waals surface area contributed by atoms with E-state index in [1.54, 1.807) is 29.1 Å². The Hall–Kier alpha value is -4.59. The predicted octanol–water partition coefficient (Wildman–Crippen LogP) is 6.11. The third-order valence-corrected chi connectivity index (χ3v) is 6.65. The first kappa shape index (κ1) is 22.8. The Kier molecular flexibility index (Phi) is 5.64. The molecule has 1 saturated heterocycles. The predicted molar refractivity (Wildman–Crippen MR) is 140 cm³/mol. The van der Waals surface area contributed by atoms with Gasteiger partial charge < -0.3 is 10.2 Å². The Labute approximate surface area is 212 Å². The van der Waals surface area contributed by atoms with Crippen LogP contribution in [0.15, 0.2) is 79.3 Å². The average molecular weight is 496 g/mol. The van der Waals surface area contributed by atoms with E-state index in [0.717, 1.165) is 42.3 Å². The summed E-state index contributed by atoms with van der Waals surface area (Å²) in [5, 5.41) is 2.98. The van der Waals surface area contributed by atoms with Crippen LogP contribution in [0, 0.1) is 18.6 Å². The molecule has 3 aromatic heterocycles. The van der Waals surface area contributed by atoms with Crippen LogP contribution >= 0.6 is 0 Å². The standard InChI is InChI=1S/C29H23F2N5O/c1-18-8-10-20(11-9-18)34-29(37)23-15-19(16-32-27(23)35-12-4-13-35)21-6-3-14-36-25(21)17-33-28(36)22-5-2-7-24(30)26(22)31/h2-3,5-11,14-17H,4,12-13H2,1H3,(H,34,37). The molecule has 1 amide bonds. The molecule has 1 fully saturated rings. The molecule has 6 rings (SSSR count). The molecule has 184 valence electrons. The number of fused-ring (bicyclic) bond motifs is 1. The molecular formula is C29H23F2N5O. The third-order valence-electron chi connectivity index (χ3n) is 6.65. The first-order valence-electron chi connectivity index (χ1n) is 12.0. The van der Waals surface area contributed by atoms with Crippen molar-refractivity contribution in [2.75, 3.05) is 23.3 Å². The van der Waals surface area contributed by atoms with Gasteiger partial charge in [-0.2, -0.15) is 0 Å². The normalized spacial score (nSPS) is 13.0. The summed E-state index contributed by atoms with van der Waals surface area (Å²) in [6, 6.07) is 17.2. The minimum absolute atomic E-state index is 0.0709. The second-order valence-electron chi connectivity index (χ2n) is 9.12. The summed E-state index contributed by atoms with van der Waals surface area (Å²) < 4.78 is 30.1. The van der Waals surface area contributed by atoms with Gasteiger partial charge in [0.2, 0.25) is 0 Å². The number of carbonyl (C=O) groups is 1. The number of nitrogens with one attached hydrogen (secondary N) is 1. The summed E-state index contributed by atoms with van der Waals surface area (Å²) in [7, 11) is 0. The van der Waals surface area contributed by atoms with Gasteiger partial charge in [-0.05, 0) is 49.7 Å². The first-order chi connectivity index (χ1) is 18.0. The van der Waals surface area contributed by atoms with Gasteiger partial charge in [-0.3, -0.25) is 9.20 Å². The molecule has 4 heterocycles. The van der Waals surface area contributed by atoms with Crippen LogP contribution in [0.25, 0.3) is 28.0 Å². The maximum Gasteiger partial charge on any atom is 0.259 e. The van der Waals surface area contributed by atoms with E-state index in [2.05, 4.69) is 20.2 Å². The maximum absolute atomic E-state index is 14.5. The zero-order valence-corrected chi connectivity index (χ0v) is 20.1. The molecule has 0 aliphatic carbocycles. The Morgan fingerprint density at radius 1 is 0.946 bits per heavy atom. The zero-order chi connectivity index (χ0) is 25.5. The van der Waals surface area contributed by atoms with Crippen LogP contribution in [-0.4, -0.2) is 33.4 Å². The lowest BCUT2D eigenvalue weighted by Crippen LogP contribution is -2.39. The van der Waals surface area contributed by atoms with Crippen LogP contribution in [0.2, 0.25) is 0 Å². The Morgan fingerprint density at radius 3 is 2.49 bits per heavy atom. The Bertz CT molecular complexity index is 1640. The molecule has 0 saturated carbocycles. The van der Waals surface area contributed by atoms with Crippen LogP contribution < -0.4 is 10.2 Å². The monoisotopic (exact) mass is 495 g/mol. The van der Waals surface area contributed by atoms with Gasteiger partial charge in [0.25, 0.3) is 5.91 Å². The van der Waals surface area contributed by atoms with E-state index in [1.165, 1.54) is 12.1 Å². The molecule has 8 heteroatoms. The first-order valence-corrected chi connectivity index (χ1v) is 12.0. The average Bonchev–Trinajstić information content (AvgIpc) is 3.30. The molecule has 1 aliphatic heterocycles. The number of hydrogen-bond donors (Lipinski definition) is 1. The smallest absolute Gasteiger partial charge is 0.259 e. The van der Waals surface area contributed by atoms with Crippen LogP contribution in [0.3, 0.4) is 0 Å². The molecule has 0 atom stereocenters. The van der Waals surface area contributed by atoms with Gasteiger partial charge in [-0.1, -0.05) is 29.8 Å². The van der Waals surface area contributed by atoms with Crippen molar-refractivity contribution in [2.24, 2.45) is 0 Å². The molecule has 6 nitrogen and oxygen atoms in total. The van der Waals surface area contributed by atoms with Crippen molar-refractivity contribution in [3.05, 3.63) is 102 Å². The van der Waals surface area contributed by atoms with Crippen LogP contribution in [-0.2, 0) is 0 Å². The summed E-state index contributed by atoms with van der Waals surface area (Å²) >= 11 is 0. The highest BCUT2D eigenvalue weighted by atomic mass is 19.2. The number of hydrogen-bond acceptors (Lipinski definition) is 4. The van der Waals surface area contributed by atoms with E-state index in [-0.39, 0.29) is 17.3 Å². The number of carbonyl (C=O) groups excluding carboxylic acids is 1. The van der Waals surface area contributed by atoms with Gasteiger partial charge in [0.1, 0.15) is 11.6 Å². The van der Waals surface area contributed by atoms with E-state index in [1.807, 2.05) is 43.3 Å². The SMILES string of the molecule is Cc1ccc(NC(=O)c2cc(-c3cccn4c(-c5cccc(F)c5F)ncc34)cnc2N2CCC2)cc1. The van der Waals surface area contributed by atoms with E-state index in [0.29, 0.717) is 22.6 Å². The molecule has 2 aromatic carbocycles. The highest BCUT2D eigenvalue weighted by Crippen LogP contribution is 2.33. The molecule has 5 aromatic rings. The fraction of sp³-hybridized carbons (Fsp3) is 0.138. The number of benzene rings is 2. The van der Waals surface area contributed by atoms with Crippen molar-refractivity contribution in [1.29, 1.82) is 0 Å². The van der Waals surface area contributed by atoms with Crippen molar-refractivity contribution in [3.63, 3.8) is 0 Å². The highest BCUT2D eigenvalue weighted by molar-refractivity contribution is 6.08. The number of amides is 1. The number of rotatable bonds is 5. The van der Waals surface area contributed by atoms with Crippen molar-refractivity contribution in [2.45, 2.75) is 13.3 Å². The van der Waals surface area contributed by atoms with Gasteiger partial charge >= 0.3 is 0 Å². The summed E-state index contributed by atoms with van der Waals surface area (Å²) in [5.74, 6) is -1.20. The minimum Gasteiger partial charge on any atom is -0.356 e. The van der Waals surface area contributed by atoms with E-state index in [4.69, 9.17) is 0 Å². The summed E-state index contributed by atoms with van der Waals surface area (Å²) in [6.07, 6.45) is 6.15. The van der Waals surface area contributed by atoms with Gasteiger partial charge in [0.05, 0.1) is 22.8 Å². The molecule has 0 spiro atoms. The van der Waals surface area contributed by atoms with Crippen LogP contribution in [0.5, 0.6) is 0 Å². The summed E-state index contributed by atoms with van der Waals surface area (Å²) in [5.41, 5.74) is 4.52. The lowest BCUT2D eigenvalue weighted by molar-refractivity contribution is 0.102. The van der Waals surface area contributed by atoms with Crippen molar-refractivity contribution >= 4 is 22.9 Å². The van der Waals surface area contributed by atoms with Gasteiger partial charge in [0.15, 0.2) is 11.6 Å².